The van der Waals surface area contributed by atoms with Crippen LogP contribution in [-0.2, 0) is 4.74 Å². The van der Waals surface area contributed by atoms with Gasteiger partial charge in [-0.3, -0.25) is 10.1 Å². The fourth-order valence-electron chi connectivity index (χ4n) is 1.34. The summed E-state index contributed by atoms with van der Waals surface area (Å²) in [5, 5.41) is 13.7. The van der Waals surface area contributed by atoms with Crippen LogP contribution in [0.1, 0.15) is 12.1 Å². The van der Waals surface area contributed by atoms with Crippen molar-refractivity contribution in [2.75, 3.05) is 25.1 Å². The Morgan fingerprint density at radius 3 is 3.00 bits per heavy atom. The first-order chi connectivity index (χ1) is 8.65. The monoisotopic (exact) mass is 251 g/mol. The summed E-state index contributed by atoms with van der Waals surface area (Å²) >= 11 is 0. The highest BCUT2D eigenvalue weighted by atomic mass is 16.6. The predicted octanol–water partition coefficient (Wildman–Crippen LogP) is 2.30. The molecule has 6 nitrogen and oxygen atoms in total. The maximum atomic E-state index is 10.8. The molecule has 0 fully saturated rings. The number of aromatic nitrogens is 1. The molecule has 98 valence electrons. The molecule has 0 aliphatic heterocycles. The van der Waals surface area contributed by atoms with Crippen LogP contribution in [0.25, 0.3) is 0 Å². The smallest absolute Gasteiger partial charge is 0.311 e. The van der Waals surface area contributed by atoms with Gasteiger partial charge in [0.2, 0.25) is 5.82 Å². The van der Waals surface area contributed by atoms with E-state index in [0.717, 1.165) is 12.1 Å². The standard InChI is InChI=1S/C12H17N3O3/c1-3-4-8-18-9-7-13-12-11(15(16)17)6-5-10(2)14-12/h3,5-6H,1,4,7-9H2,2H3,(H,13,14). The SMILES string of the molecule is C=CCCOCCNc1nc(C)ccc1[N+](=O)[O-]. The van der Waals surface area contributed by atoms with Crippen LogP contribution in [0.2, 0.25) is 0 Å². The van der Waals surface area contributed by atoms with Crippen LogP contribution >= 0.6 is 0 Å². The van der Waals surface area contributed by atoms with Crippen molar-refractivity contribution in [1.29, 1.82) is 0 Å². The number of ether oxygens (including phenoxy) is 1. The molecule has 0 amide bonds. The number of nitrogens with one attached hydrogen (secondary N) is 1. The molecular formula is C12H17N3O3. The largest absolute Gasteiger partial charge is 0.379 e. The summed E-state index contributed by atoms with van der Waals surface area (Å²) < 4.78 is 5.29. The summed E-state index contributed by atoms with van der Waals surface area (Å²) in [6, 6.07) is 3.06. The van der Waals surface area contributed by atoms with Gasteiger partial charge < -0.3 is 10.1 Å². The third kappa shape index (κ3) is 4.50. The zero-order valence-electron chi connectivity index (χ0n) is 10.4. The molecule has 1 rings (SSSR count). The van der Waals surface area contributed by atoms with Crippen molar-refractivity contribution in [2.24, 2.45) is 0 Å². The summed E-state index contributed by atoms with van der Waals surface area (Å²) in [6.45, 7) is 6.93. The van der Waals surface area contributed by atoms with Crippen molar-refractivity contribution in [1.82, 2.24) is 4.98 Å². The molecule has 1 heterocycles. The normalized spacial score (nSPS) is 10.1. The van der Waals surface area contributed by atoms with Crippen LogP contribution in [0, 0.1) is 17.0 Å². The highest BCUT2D eigenvalue weighted by Crippen LogP contribution is 2.21. The van der Waals surface area contributed by atoms with Crippen molar-refractivity contribution < 1.29 is 9.66 Å². The molecule has 0 aromatic carbocycles. The molecule has 0 saturated heterocycles. The van der Waals surface area contributed by atoms with Crippen LogP contribution in [0.4, 0.5) is 11.5 Å². The van der Waals surface area contributed by atoms with Crippen molar-refractivity contribution in [3.05, 3.63) is 40.6 Å². The van der Waals surface area contributed by atoms with Crippen LogP contribution < -0.4 is 5.32 Å². The molecule has 0 aliphatic carbocycles. The van der Waals surface area contributed by atoms with E-state index in [4.69, 9.17) is 4.74 Å². The first-order valence-electron chi connectivity index (χ1n) is 5.69. The van der Waals surface area contributed by atoms with Crippen molar-refractivity contribution in [3.8, 4) is 0 Å². The maximum absolute atomic E-state index is 10.8. The number of pyridine rings is 1. The summed E-state index contributed by atoms with van der Waals surface area (Å²) in [6.07, 6.45) is 2.57. The average Bonchev–Trinajstić information content (AvgIpc) is 2.33. The zero-order chi connectivity index (χ0) is 13.4. The third-order valence-electron chi connectivity index (χ3n) is 2.22. The van der Waals surface area contributed by atoms with Gasteiger partial charge in [0.1, 0.15) is 0 Å². The van der Waals surface area contributed by atoms with Gasteiger partial charge in [-0.15, -0.1) is 6.58 Å². The lowest BCUT2D eigenvalue weighted by molar-refractivity contribution is -0.384. The molecule has 1 aromatic heterocycles. The molecule has 0 unspecified atom stereocenters. The average molecular weight is 251 g/mol. The molecular weight excluding hydrogens is 234 g/mol. The van der Waals surface area contributed by atoms with Crippen LogP contribution in [-0.4, -0.2) is 29.7 Å². The van der Waals surface area contributed by atoms with E-state index in [1.807, 2.05) is 0 Å². The second kappa shape index (κ2) is 7.39. The number of aryl methyl sites for hydroxylation is 1. The lowest BCUT2D eigenvalue weighted by atomic mass is 10.3. The highest BCUT2D eigenvalue weighted by molar-refractivity contribution is 5.55. The van der Waals surface area contributed by atoms with Crippen LogP contribution in [0.3, 0.4) is 0 Å². The van der Waals surface area contributed by atoms with Crippen LogP contribution in [0.5, 0.6) is 0 Å². The van der Waals surface area contributed by atoms with Gasteiger partial charge in [0.15, 0.2) is 0 Å². The number of nitro groups is 1. The van der Waals surface area contributed by atoms with Crippen molar-refractivity contribution in [3.63, 3.8) is 0 Å². The van der Waals surface area contributed by atoms with Crippen molar-refractivity contribution in [2.45, 2.75) is 13.3 Å². The maximum Gasteiger partial charge on any atom is 0.311 e. The molecule has 6 heteroatoms. The Bertz CT molecular complexity index is 421. The molecule has 0 spiro atoms. The Morgan fingerprint density at radius 2 is 2.33 bits per heavy atom. The number of nitrogens with zero attached hydrogens (tertiary/aromatic N) is 2. The van der Waals surface area contributed by atoms with E-state index in [9.17, 15) is 10.1 Å². The molecule has 0 aliphatic rings. The van der Waals surface area contributed by atoms with Crippen LogP contribution in [0.15, 0.2) is 24.8 Å². The highest BCUT2D eigenvalue weighted by Gasteiger charge is 2.14. The lowest BCUT2D eigenvalue weighted by Gasteiger charge is -2.07. The Kier molecular flexibility index (Phi) is 5.79. The molecule has 18 heavy (non-hydrogen) atoms. The minimum Gasteiger partial charge on any atom is -0.379 e. The lowest BCUT2D eigenvalue weighted by Crippen LogP contribution is -2.12. The van der Waals surface area contributed by atoms with E-state index in [2.05, 4.69) is 16.9 Å². The van der Waals surface area contributed by atoms with E-state index in [1.54, 1.807) is 19.1 Å². The van der Waals surface area contributed by atoms with Gasteiger partial charge in [-0.1, -0.05) is 6.08 Å². The molecule has 1 aromatic rings. The Labute approximate surface area is 106 Å². The van der Waals surface area contributed by atoms with Gasteiger partial charge in [0.25, 0.3) is 0 Å². The Morgan fingerprint density at radius 1 is 1.56 bits per heavy atom. The van der Waals surface area contributed by atoms with Gasteiger partial charge >= 0.3 is 5.69 Å². The van der Waals surface area contributed by atoms with E-state index in [1.165, 1.54) is 6.07 Å². The van der Waals surface area contributed by atoms with Crippen molar-refractivity contribution >= 4 is 11.5 Å². The molecule has 0 atom stereocenters. The van der Waals surface area contributed by atoms with E-state index < -0.39 is 4.92 Å². The molecule has 0 radical (unpaired) electrons. The molecule has 0 bridgehead atoms. The van der Waals surface area contributed by atoms with E-state index >= 15 is 0 Å². The fraction of sp³-hybridized carbons (Fsp3) is 0.417. The first kappa shape index (κ1) is 14.1. The summed E-state index contributed by atoms with van der Waals surface area (Å²) in [5.41, 5.74) is 0.711. The number of anilines is 1. The quantitative estimate of drug-likeness (QED) is 0.332. The summed E-state index contributed by atoms with van der Waals surface area (Å²) in [7, 11) is 0. The zero-order valence-corrected chi connectivity index (χ0v) is 10.4. The predicted molar refractivity (Wildman–Crippen MR) is 69.8 cm³/mol. The van der Waals surface area contributed by atoms with E-state index in [0.29, 0.717) is 19.8 Å². The molecule has 1 N–H and O–H groups in total. The summed E-state index contributed by atoms with van der Waals surface area (Å²) in [5.74, 6) is 0.285. The minimum atomic E-state index is -0.451. The van der Waals surface area contributed by atoms with Gasteiger partial charge in [-0.25, -0.2) is 4.98 Å². The van der Waals surface area contributed by atoms with Gasteiger partial charge in [0.05, 0.1) is 18.1 Å². The number of hydrogen-bond acceptors (Lipinski definition) is 5. The molecule has 0 saturated carbocycles. The minimum absolute atomic E-state index is 0.0216. The van der Waals surface area contributed by atoms with Gasteiger partial charge in [-0.05, 0) is 19.4 Å². The third-order valence-corrected chi connectivity index (χ3v) is 2.22. The van der Waals surface area contributed by atoms with Gasteiger partial charge in [0, 0.05) is 18.3 Å². The number of rotatable bonds is 8. The Balaban J connectivity index is 2.47. The fourth-order valence-corrected chi connectivity index (χ4v) is 1.34. The van der Waals surface area contributed by atoms with Gasteiger partial charge in [-0.2, -0.15) is 0 Å². The second-order valence-electron chi connectivity index (χ2n) is 3.69. The van der Waals surface area contributed by atoms with E-state index in [-0.39, 0.29) is 11.5 Å². The second-order valence-corrected chi connectivity index (χ2v) is 3.69. The Hall–Kier alpha value is -1.95. The topological polar surface area (TPSA) is 77.3 Å². The summed E-state index contributed by atoms with van der Waals surface area (Å²) in [4.78, 5) is 14.4. The first-order valence-corrected chi connectivity index (χ1v) is 5.69. The number of hydrogen-bond donors (Lipinski definition) is 1.